The minimum atomic E-state index is -0.146. The second-order valence-corrected chi connectivity index (χ2v) is 4.95. The van der Waals surface area contributed by atoms with Crippen LogP contribution >= 0.6 is 15.9 Å². The molecule has 0 bridgehead atoms. The molecule has 1 atom stereocenters. The topological polar surface area (TPSA) is 60.2 Å². The zero-order valence-electron chi connectivity index (χ0n) is 9.60. The highest BCUT2D eigenvalue weighted by Crippen LogP contribution is 2.23. The number of hydrogen-bond acceptors (Lipinski definition) is 5. The SMILES string of the molecule is Brc1cccc(-c2noc([C@H]3CNCCO3)n2)c1. The number of hydrogen-bond donors (Lipinski definition) is 1. The first-order chi connectivity index (χ1) is 8.83. The third-order valence-electron chi connectivity index (χ3n) is 2.73. The number of aromatic nitrogens is 2. The largest absolute Gasteiger partial charge is 0.366 e. The molecule has 1 aliphatic rings. The number of benzene rings is 1. The highest BCUT2D eigenvalue weighted by atomic mass is 79.9. The fraction of sp³-hybridized carbons (Fsp3) is 0.333. The molecule has 6 heteroatoms. The molecule has 5 nitrogen and oxygen atoms in total. The van der Waals surface area contributed by atoms with Crippen LogP contribution in [0.3, 0.4) is 0 Å². The normalized spacial score (nSPS) is 19.9. The van der Waals surface area contributed by atoms with Gasteiger partial charge in [0, 0.05) is 23.1 Å². The molecule has 0 spiro atoms. The van der Waals surface area contributed by atoms with Crippen LogP contribution in [0.15, 0.2) is 33.3 Å². The van der Waals surface area contributed by atoms with Crippen LogP contribution < -0.4 is 5.32 Å². The van der Waals surface area contributed by atoms with E-state index in [1.807, 2.05) is 24.3 Å². The summed E-state index contributed by atoms with van der Waals surface area (Å²) in [6, 6.07) is 7.79. The fourth-order valence-corrected chi connectivity index (χ4v) is 2.23. The smallest absolute Gasteiger partial charge is 0.257 e. The van der Waals surface area contributed by atoms with E-state index in [0.717, 1.165) is 16.6 Å². The number of halogens is 1. The summed E-state index contributed by atoms with van der Waals surface area (Å²) in [5, 5.41) is 7.22. The van der Waals surface area contributed by atoms with E-state index in [4.69, 9.17) is 9.26 Å². The van der Waals surface area contributed by atoms with Crippen LogP contribution in [0.5, 0.6) is 0 Å². The summed E-state index contributed by atoms with van der Waals surface area (Å²) in [7, 11) is 0. The van der Waals surface area contributed by atoms with Crippen LogP contribution in [0.1, 0.15) is 12.0 Å². The molecule has 2 heterocycles. The Labute approximate surface area is 113 Å². The zero-order valence-corrected chi connectivity index (χ0v) is 11.2. The van der Waals surface area contributed by atoms with Gasteiger partial charge in [-0.25, -0.2) is 0 Å². The molecule has 2 aromatic rings. The summed E-state index contributed by atoms with van der Waals surface area (Å²) < 4.78 is 11.8. The maximum absolute atomic E-state index is 5.57. The molecular weight excluding hydrogens is 298 g/mol. The van der Waals surface area contributed by atoms with Gasteiger partial charge in [0.15, 0.2) is 0 Å². The highest BCUT2D eigenvalue weighted by molar-refractivity contribution is 9.10. The molecule has 1 aliphatic heterocycles. The van der Waals surface area contributed by atoms with Gasteiger partial charge in [-0.3, -0.25) is 0 Å². The molecule has 1 N–H and O–H groups in total. The molecule has 1 fully saturated rings. The molecule has 1 saturated heterocycles. The van der Waals surface area contributed by atoms with E-state index in [1.54, 1.807) is 0 Å². The molecule has 0 unspecified atom stereocenters. The van der Waals surface area contributed by atoms with Gasteiger partial charge < -0.3 is 14.6 Å². The van der Waals surface area contributed by atoms with Gasteiger partial charge in [0.05, 0.1) is 6.61 Å². The highest BCUT2D eigenvalue weighted by Gasteiger charge is 2.22. The lowest BCUT2D eigenvalue weighted by molar-refractivity contribution is 0.00755. The lowest BCUT2D eigenvalue weighted by atomic mass is 10.2. The van der Waals surface area contributed by atoms with Crippen molar-refractivity contribution in [3.8, 4) is 11.4 Å². The zero-order chi connectivity index (χ0) is 12.4. The van der Waals surface area contributed by atoms with Crippen molar-refractivity contribution in [2.24, 2.45) is 0 Å². The Kier molecular flexibility index (Phi) is 3.40. The Hall–Kier alpha value is -1.24. The summed E-state index contributed by atoms with van der Waals surface area (Å²) in [4.78, 5) is 4.38. The average Bonchev–Trinajstić information content (AvgIpc) is 2.89. The van der Waals surface area contributed by atoms with Gasteiger partial charge in [0.2, 0.25) is 5.82 Å². The third kappa shape index (κ3) is 2.45. The summed E-state index contributed by atoms with van der Waals surface area (Å²) in [5.41, 5.74) is 0.920. The van der Waals surface area contributed by atoms with Gasteiger partial charge in [-0.1, -0.05) is 33.2 Å². The van der Waals surface area contributed by atoms with Crippen molar-refractivity contribution in [1.29, 1.82) is 0 Å². The molecule has 18 heavy (non-hydrogen) atoms. The molecule has 1 aromatic carbocycles. The number of ether oxygens (including phenoxy) is 1. The molecule has 0 saturated carbocycles. The van der Waals surface area contributed by atoms with E-state index in [1.165, 1.54) is 0 Å². The maximum atomic E-state index is 5.57. The van der Waals surface area contributed by atoms with Crippen LogP contribution in [0, 0.1) is 0 Å². The number of morpholine rings is 1. The quantitative estimate of drug-likeness (QED) is 0.921. The third-order valence-corrected chi connectivity index (χ3v) is 3.22. The van der Waals surface area contributed by atoms with Gasteiger partial charge in [-0.05, 0) is 12.1 Å². The van der Waals surface area contributed by atoms with Crippen molar-refractivity contribution in [2.75, 3.05) is 19.7 Å². The molecular formula is C12H12BrN3O2. The molecule has 0 aliphatic carbocycles. The van der Waals surface area contributed by atoms with E-state index >= 15 is 0 Å². The fourth-order valence-electron chi connectivity index (χ4n) is 1.83. The summed E-state index contributed by atoms with van der Waals surface area (Å²) in [6.07, 6.45) is -0.146. The van der Waals surface area contributed by atoms with Crippen molar-refractivity contribution in [1.82, 2.24) is 15.5 Å². The monoisotopic (exact) mass is 309 g/mol. The molecule has 3 rings (SSSR count). The molecule has 94 valence electrons. The van der Waals surface area contributed by atoms with Crippen LogP contribution in [-0.4, -0.2) is 29.8 Å². The predicted molar refractivity (Wildman–Crippen MR) is 69.0 cm³/mol. The molecule has 1 aromatic heterocycles. The lowest BCUT2D eigenvalue weighted by Crippen LogP contribution is -2.33. The summed E-state index contributed by atoms with van der Waals surface area (Å²) in [6.45, 7) is 2.24. The number of nitrogens with one attached hydrogen (secondary N) is 1. The maximum Gasteiger partial charge on any atom is 0.257 e. The van der Waals surface area contributed by atoms with Crippen molar-refractivity contribution in [3.63, 3.8) is 0 Å². The summed E-state index contributed by atoms with van der Waals surface area (Å²) in [5.74, 6) is 1.11. The van der Waals surface area contributed by atoms with E-state index in [0.29, 0.717) is 24.9 Å². The Bertz CT molecular complexity index is 538. The minimum Gasteiger partial charge on any atom is -0.366 e. The van der Waals surface area contributed by atoms with Crippen LogP contribution in [-0.2, 0) is 4.74 Å². The van der Waals surface area contributed by atoms with E-state index in [-0.39, 0.29) is 6.10 Å². The van der Waals surface area contributed by atoms with Crippen LogP contribution in [0.25, 0.3) is 11.4 Å². The van der Waals surface area contributed by atoms with Crippen molar-refractivity contribution < 1.29 is 9.26 Å². The van der Waals surface area contributed by atoms with Gasteiger partial charge >= 0.3 is 0 Å². The first kappa shape index (κ1) is 11.8. The minimum absolute atomic E-state index is 0.146. The number of rotatable bonds is 2. The van der Waals surface area contributed by atoms with Gasteiger partial charge in [0.25, 0.3) is 5.89 Å². The van der Waals surface area contributed by atoms with Gasteiger partial charge in [0.1, 0.15) is 6.10 Å². The van der Waals surface area contributed by atoms with Crippen LogP contribution in [0.4, 0.5) is 0 Å². The second kappa shape index (κ2) is 5.17. The van der Waals surface area contributed by atoms with Crippen molar-refractivity contribution in [3.05, 3.63) is 34.6 Å². The first-order valence-corrected chi connectivity index (χ1v) is 6.54. The molecule has 0 radical (unpaired) electrons. The first-order valence-electron chi connectivity index (χ1n) is 5.75. The Morgan fingerprint density at radius 3 is 3.11 bits per heavy atom. The van der Waals surface area contributed by atoms with Gasteiger partial charge in [-0.15, -0.1) is 0 Å². The lowest BCUT2D eigenvalue weighted by Gasteiger charge is -2.19. The Balaban J connectivity index is 1.84. The Morgan fingerprint density at radius 2 is 2.33 bits per heavy atom. The number of nitrogens with zero attached hydrogens (tertiary/aromatic N) is 2. The van der Waals surface area contributed by atoms with E-state index < -0.39 is 0 Å². The van der Waals surface area contributed by atoms with E-state index in [9.17, 15) is 0 Å². The standard InChI is InChI=1S/C12H12BrN3O2/c13-9-3-1-2-8(6-9)11-15-12(18-16-11)10-7-14-4-5-17-10/h1-3,6,10,14H,4-5,7H2/t10-/m1/s1. The summed E-state index contributed by atoms with van der Waals surface area (Å²) >= 11 is 3.42. The van der Waals surface area contributed by atoms with E-state index in [2.05, 4.69) is 31.4 Å². The van der Waals surface area contributed by atoms with Crippen LogP contribution in [0.2, 0.25) is 0 Å². The second-order valence-electron chi connectivity index (χ2n) is 4.03. The van der Waals surface area contributed by atoms with Crippen molar-refractivity contribution in [2.45, 2.75) is 6.10 Å². The molecule has 0 amide bonds. The van der Waals surface area contributed by atoms with Gasteiger partial charge in [-0.2, -0.15) is 4.98 Å². The average molecular weight is 310 g/mol. The predicted octanol–water partition coefficient (Wildman–Crippen LogP) is 2.16. The Morgan fingerprint density at radius 1 is 1.39 bits per heavy atom. The van der Waals surface area contributed by atoms with Crippen molar-refractivity contribution >= 4 is 15.9 Å².